The first-order valence-corrected chi connectivity index (χ1v) is 6.15. The van der Waals surface area contributed by atoms with Gasteiger partial charge >= 0.3 is 0 Å². The van der Waals surface area contributed by atoms with Gasteiger partial charge in [-0.05, 0) is 11.7 Å². The molecule has 0 radical (unpaired) electrons. The van der Waals surface area contributed by atoms with E-state index in [0.29, 0.717) is 6.04 Å². The predicted octanol–water partition coefficient (Wildman–Crippen LogP) is 2.93. The lowest BCUT2D eigenvalue weighted by molar-refractivity contribution is 0.623. The third-order valence-electron chi connectivity index (χ3n) is 1.52. The van der Waals surface area contributed by atoms with Gasteiger partial charge in [0.1, 0.15) is 0 Å². The fourth-order valence-electron chi connectivity index (χ4n) is 0.838. The summed E-state index contributed by atoms with van der Waals surface area (Å²) in [5.74, 6) is 3.12. The van der Waals surface area contributed by atoms with Gasteiger partial charge < -0.3 is 5.32 Å². The molecule has 0 amide bonds. The van der Waals surface area contributed by atoms with Gasteiger partial charge in [0.25, 0.3) is 0 Å². The minimum Gasteiger partial charge on any atom is -0.311 e. The molecule has 0 rings (SSSR count). The quantitative estimate of drug-likeness (QED) is 0.636. The number of hydrogen-bond acceptors (Lipinski definition) is 2. The summed E-state index contributed by atoms with van der Waals surface area (Å²) in [4.78, 5) is 0. The molecule has 0 aromatic carbocycles. The molecule has 0 aliphatic carbocycles. The molecule has 0 aliphatic heterocycles. The van der Waals surface area contributed by atoms with Crippen LogP contribution in [0.15, 0.2) is 12.2 Å². The van der Waals surface area contributed by atoms with Crippen LogP contribution in [0.2, 0.25) is 0 Å². The fourth-order valence-corrected chi connectivity index (χ4v) is 1.82. The largest absolute Gasteiger partial charge is 0.311 e. The van der Waals surface area contributed by atoms with Crippen molar-refractivity contribution in [2.75, 3.05) is 18.1 Å². The molecule has 0 atom stereocenters. The first kappa shape index (κ1) is 13.1. The van der Waals surface area contributed by atoms with Crippen LogP contribution in [0.3, 0.4) is 0 Å². The number of rotatable bonds is 7. The second-order valence-electron chi connectivity index (χ2n) is 4.19. The summed E-state index contributed by atoms with van der Waals surface area (Å²) < 4.78 is 0. The van der Waals surface area contributed by atoms with Gasteiger partial charge in [-0.25, -0.2) is 0 Å². The highest BCUT2D eigenvalue weighted by Crippen LogP contribution is 2.10. The molecule has 1 N–H and O–H groups in total. The average Bonchev–Trinajstić information content (AvgIpc) is 2.00. The smallest absolute Gasteiger partial charge is 0.0172 e. The third kappa shape index (κ3) is 9.97. The van der Waals surface area contributed by atoms with Gasteiger partial charge in [-0.3, -0.25) is 0 Å². The van der Waals surface area contributed by atoms with Gasteiger partial charge in [-0.15, -0.1) is 0 Å². The molecule has 0 aromatic rings. The molecule has 0 saturated heterocycles. The molecule has 78 valence electrons. The molecule has 0 spiro atoms. The monoisotopic (exact) mass is 201 g/mol. The van der Waals surface area contributed by atoms with Crippen molar-refractivity contribution in [3.05, 3.63) is 12.2 Å². The highest BCUT2D eigenvalue weighted by molar-refractivity contribution is 7.99. The number of nitrogens with one attached hydrogen (secondary N) is 1. The Morgan fingerprint density at radius 1 is 1.31 bits per heavy atom. The lowest BCUT2D eigenvalue weighted by Gasteiger charge is -2.10. The first-order chi connectivity index (χ1) is 6.02. The molecule has 0 bridgehead atoms. The van der Waals surface area contributed by atoms with E-state index in [0.717, 1.165) is 18.2 Å². The predicted molar refractivity (Wildman–Crippen MR) is 64.4 cm³/mol. The molecule has 0 heterocycles. The van der Waals surface area contributed by atoms with Gasteiger partial charge in [0.15, 0.2) is 0 Å². The van der Waals surface area contributed by atoms with Crippen molar-refractivity contribution in [1.82, 2.24) is 5.32 Å². The molecule has 0 unspecified atom stereocenters. The molecule has 0 aromatic heterocycles. The van der Waals surface area contributed by atoms with Gasteiger partial charge in [0.2, 0.25) is 0 Å². The summed E-state index contributed by atoms with van der Waals surface area (Å²) in [6.07, 6.45) is 0. The van der Waals surface area contributed by atoms with E-state index in [-0.39, 0.29) is 0 Å². The van der Waals surface area contributed by atoms with Crippen LogP contribution in [0.25, 0.3) is 0 Å². The van der Waals surface area contributed by atoms with Gasteiger partial charge in [-0.2, -0.15) is 11.8 Å². The Bertz CT molecular complexity index is 141. The first-order valence-electron chi connectivity index (χ1n) is 5.00. The molecule has 0 aliphatic rings. The van der Waals surface area contributed by atoms with Crippen molar-refractivity contribution < 1.29 is 0 Å². The third-order valence-corrected chi connectivity index (χ3v) is 3.03. The minimum atomic E-state index is 0.562. The van der Waals surface area contributed by atoms with Crippen LogP contribution in [0.5, 0.6) is 0 Å². The van der Waals surface area contributed by atoms with E-state index in [1.165, 1.54) is 11.3 Å². The van der Waals surface area contributed by atoms with Crippen molar-refractivity contribution >= 4 is 11.8 Å². The highest BCUT2D eigenvalue weighted by Gasteiger charge is 1.98. The van der Waals surface area contributed by atoms with Gasteiger partial charge in [0.05, 0.1) is 0 Å². The molecule has 0 saturated carbocycles. The zero-order chi connectivity index (χ0) is 10.3. The zero-order valence-corrected chi connectivity index (χ0v) is 10.2. The lowest BCUT2D eigenvalue weighted by Crippen LogP contribution is -2.25. The second-order valence-corrected chi connectivity index (χ2v) is 5.22. The standard InChI is InChI=1S/C11H23NS/c1-9(2)7-13-8-11(5)6-12-10(3)4/h9-10,12H,5-8H2,1-4H3. The fraction of sp³-hybridized carbons (Fsp3) is 0.818. The normalized spacial score (nSPS) is 11.2. The Balaban J connectivity index is 3.30. The molecular formula is C11H23NS. The summed E-state index contributed by atoms with van der Waals surface area (Å²) in [6, 6.07) is 0.562. The summed E-state index contributed by atoms with van der Waals surface area (Å²) in [7, 11) is 0. The highest BCUT2D eigenvalue weighted by atomic mass is 32.2. The molecule has 13 heavy (non-hydrogen) atoms. The molecule has 2 heteroatoms. The summed E-state index contributed by atoms with van der Waals surface area (Å²) in [5, 5.41) is 3.37. The molecular weight excluding hydrogens is 178 g/mol. The zero-order valence-electron chi connectivity index (χ0n) is 9.39. The van der Waals surface area contributed by atoms with Gasteiger partial charge in [-0.1, -0.05) is 39.8 Å². The summed E-state index contributed by atoms with van der Waals surface area (Å²) in [6.45, 7) is 13.8. The van der Waals surface area contributed by atoms with Crippen LogP contribution in [0.4, 0.5) is 0 Å². The maximum atomic E-state index is 4.04. The van der Waals surface area contributed by atoms with Crippen LogP contribution in [-0.4, -0.2) is 24.1 Å². The van der Waals surface area contributed by atoms with E-state index in [1.54, 1.807) is 0 Å². The minimum absolute atomic E-state index is 0.562. The van der Waals surface area contributed by atoms with Crippen LogP contribution < -0.4 is 5.32 Å². The van der Waals surface area contributed by atoms with Crippen LogP contribution in [-0.2, 0) is 0 Å². The van der Waals surface area contributed by atoms with E-state index >= 15 is 0 Å². The van der Waals surface area contributed by atoms with Crippen molar-refractivity contribution in [1.29, 1.82) is 0 Å². The van der Waals surface area contributed by atoms with E-state index in [9.17, 15) is 0 Å². The van der Waals surface area contributed by atoms with E-state index in [1.807, 2.05) is 11.8 Å². The topological polar surface area (TPSA) is 12.0 Å². The Hall–Kier alpha value is 0.0500. The van der Waals surface area contributed by atoms with Crippen LogP contribution >= 0.6 is 11.8 Å². The van der Waals surface area contributed by atoms with E-state index < -0.39 is 0 Å². The second kappa shape index (κ2) is 7.45. The van der Waals surface area contributed by atoms with Crippen molar-refractivity contribution in [3.8, 4) is 0 Å². The molecule has 0 fully saturated rings. The van der Waals surface area contributed by atoms with Crippen LogP contribution in [0, 0.1) is 5.92 Å². The van der Waals surface area contributed by atoms with Crippen LogP contribution in [0.1, 0.15) is 27.7 Å². The molecule has 1 nitrogen and oxygen atoms in total. The maximum absolute atomic E-state index is 4.04. The van der Waals surface area contributed by atoms with E-state index in [4.69, 9.17) is 0 Å². The number of thioether (sulfide) groups is 1. The average molecular weight is 201 g/mol. The van der Waals surface area contributed by atoms with Crippen molar-refractivity contribution in [3.63, 3.8) is 0 Å². The summed E-state index contributed by atoms with van der Waals surface area (Å²) in [5.41, 5.74) is 1.30. The van der Waals surface area contributed by atoms with Gasteiger partial charge in [0, 0.05) is 18.3 Å². The SMILES string of the molecule is C=C(CNC(C)C)CSCC(C)C. The van der Waals surface area contributed by atoms with Crippen molar-refractivity contribution in [2.24, 2.45) is 5.92 Å². The number of hydrogen-bond donors (Lipinski definition) is 1. The maximum Gasteiger partial charge on any atom is 0.0172 e. The Morgan fingerprint density at radius 2 is 1.92 bits per heavy atom. The summed E-state index contributed by atoms with van der Waals surface area (Å²) >= 11 is 1.98. The lowest BCUT2D eigenvalue weighted by atomic mass is 10.3. The van der Waals surface area contributed by atoms with Crippen molar-refractivity contribution in [2.45, 2.75) is 33.7 Å². The Labute approximate surface area is 87.4 Å². The Kier molecular flexibility index (Phi) is 7.48. The van der Waals surface area contributed by atoms with E-state index in [2.05, 4.69) is 39.6 Å². The Morgan fingerprint density at radius 3 is 2.38 bits per heavy atom.